The van der Waals surface area contributed by atoms with Crippen LogP contribution in [0, 0.1) is 0 Å². The first-order valence-electron chi connectivity index (χ1n) is 9.20. The van der Waals surface area contributed by atoms with E-state index in [1.54, 1.807) is 23.6 Å². The van der Waals surface area contributed by atoms with Crippen LogP contribution >= 0.6 is 0 Å². The highest BCUT2D eigenvalue weighted by Crippen LogP contribution is 1.95. The zero-order valence-corrected chi connectivity index (χ0v) is 19.0. The molecular formula is C16H40N2O6S2. The fourth-order valence-corrected chi connectivity index (χ4v) is 2.81. The molecule has 162 valence electrons. The van der Waals surface area contributed by atoms with Gasteiger partial charge in [0.1, 0.15) is 0 Å². The SMILES string of the molecule is CCCS(=O)(=O)[O-].CCCS(=O)(=O)[O-].C[NH+](C)CCCCCC[NH+](C)C. The van der Waals surface area contributed by atoms with Crippen LogP contribution in [-0.4, -0.2) is 78.7 Å². The largest absolute Gasteiger partial charge is 0.748 e. The van der Waals surface area contributed by atoms with E-state index in [0.29, 0.717) is 12.8 Å². The van der Waals surface area contributed by atoms with Crippen molar-refractivity contribution in [1.82, 2.24) is 0 Å². The van der Waals surface area contributed by atoms with Gasteiger partial charge in [0.2, 0.25) is 0 Å². The van der Waals surface area contributed by atoms with Gasteiger partial charge in [-0.3, -0.25) is 0 Å². The smallest absolute Gasteiger partial charge is 0.0945 e. The van der Waals surface area contributed by atoms with Crippen molar-refractivity contribution in [3.05, 3.63) is 0 Å². The molecule has 0 spiro atoms. The maximum Gasteiger partial charge on any atom is 0.0945 e. The summed E-state index contributed by atoms with van der Waals surface area (Å²) in [7, 11) is 1.06. The lowest BCUT2D eigenvalue weighted by molar-refractivity contribution is -0.859. The summed E-state index contributed by atoms with van der Waals surface area (Å²) in [6.07, 6.45) is 6.44. The lowest BCUT2D eigenvalue weighted by Crippen LogP contribution is -3.05. The molecule has 10 heteroatoms. The average Bonchev–Trinajstić information content (AvgIpc) is 2.40. The first kappa shape index (κ1) is 30.5. The Morgan fingerprint density at radius 3 is 1.00 bits per heavy atom. The van der Waals surface area contributed by atoms with Crippen molar-refractivity contribution in [2.45, 2.75) is 52.4 Å². The second kappa shape index (κ2) is 18.1. The quantitative estimate of drug-likeness (QED) is 0.317. The van der Waals surface area contributed by atoms with Crippen molar-refractivity contribution in [1.29, 1.82) is 0 Å². The van der Waals surface area contributed by atoms with E-state index < -0.39 is 20.2 Å². The van der Waals surface area contributed by atoms with Crippen molar-refractivity contribution < 1.29 is 35.7 Å². The Balaban J connectivity index is -0.000000326. The van der Waals surface area contributed by atoms with Gasteiger partial charge in [-0.05, 0) is 38.5 Å². The summed E-state index contributed by atoms with van der Waals surface area (Å²) in [5, 5.41) is 0. The molecule has 2 N–H and O–H groups in total. The van der Waals surface area contributed by atoms with Crippen LogP contribution in [0.15, 0.2) is 0 Å². The highest BCUT2D eigenvalue weighted by Gasteiger charge is 1.96. The molecule has 26 heavy (non-hydrogen) atoms. The molecule has 0 aromatic heterocycles. The minimum Gasteiger partial charge on any atom is -0.748 e. The first-order valence-corrected chi connectivity index (χ1v) is 12.4. The molecule has 0 aliphatic carbocycles. The van der Waals surface area contributed by atoms with Crippen molar-refractivity contribution in [3.63, 3.8) is 0 Å². The summed E-state index contributed by atoms with van der Waals surface area (Å²) in [5.74, 6) is -0.486. The van der Waals surface area contributed by atoms with Crippen LogP contribution in [0.4, 0.5) is 0 Å². The zero-order valence-electron chi connectivity index (χ0n) is 17.3. The lowest BCUT2D eigenvalue weighted by atomic mass is 10.2. The fourth-order valence-electron chi connectivity index (χ4n) is 1.81. The van der Waals surface area contributed by atoms with Crippen LogP contribution in [0.2, 0.25) is 0 Å². The molecule has 0 aromatic rings. The molecule has 0 aliphatic rings. The van der Waals surface area contributed by atoms with Gasteiger partial charge in [-0.15, -0.1) is 0 Å². The second-order valence-electron chi connectivity index (χ2n) is 6.85. The molecule has 8 nitrogen and oxygen atoms in total. The molecule has 0 saturated carbocycles. The third-order valence-corrected chi connectivity index (χ3v) is 4.83. The van der Waals surface area contributed by atoms with Gasteiger partial charge in [0.05, 0.1) is 61.5 Å². The summed E-state index contributed by atoms with van der Waals surface area (Å²) in [4.78, 5) is 3.15. The third kappa shape index (κ3) is 43.8. The minimum absolute atomic E-state index is 0.243. The predicted octanol–water partition coefficient (Wildman–Crippen LogP) is -1.28. The second-order valence-corrected chi connectivity index (χ2v) is 9.90. The summed E-state index contributed by atoms with van der Waals surface area (Å²) < 4.78 is 58.1. The summed E-state index contributed by atoms with van der Waals surface area (Å²) in [6.45, 7) is 5.95. The molecule has 0 aliphatic heterocycles. The van der Waals surface area contributed by atoms with Crippen LogP contribution in [0.3, 0.4) is 0 Å². The Morgan fingerprint density at radius 1 is 0.615 bits per heavy atom. The van der Waals surface area contributed by atoms with Crippen molar-refractivity contribution in [3.8, 4) is 0 Å². The maximum atomic E-state index is 9.68. The van der Waals surface area contributed by atoms with Gasteiger partial charge in [0.15, 0.2) is 0 Å². The van der Waals surface area contributed by atoms with Gasteiger partial charge < -0.3 is 18.9 Å². The lowest BCUT2D eigenvalue weighted by Gasteiger charge is -2.08. The summed E-state index contributed by atoms with van der Waals surface area (Å²) in [5.41, 5.74) is 0. The van der Waals surface area contributed by atoms with Crippen LogP contribution in [0.1, 0.15) is 52.4 Å². The van der Waals surface area contributed by atoms with Crippen LogP contribution in [-0.2, 0) is 20.2 Å². The van der Waals surface area contributed by atoms with Gasteiger partial charge >= 0.3 is 0 Å². The minimum atomic E-state index is -3.92. The van der Waals surface area contributed by atoms with Gasteiger partial charge in [0, 0.05) is 11.5 Å². The van der Waals surface area contributed by atoms with Crippen molar-refractivity contribution in [2.24, 2.45) is 0 Å². The molecule has 0 radical (unpaired) electrons. The Hall–Kier alpha value is -0.260. The van der Waals surface area contributed by atoms with E-state index in [9.17, 15) is 25.9 Å². The summed E-state index contributed by atoms with van der Waals surface area (Å²) >= 11 is 0. The molecule has 0 bridgehead atoms. The van der Waals surface area contributed by atoms with E-state index in [0.717, 1.165) is 0 Å². The average molecular weight is 421 g/mol. The number of nitrogens with one attached hydrogen (secondary N) is 2. The maximum absolute atomic E-state index is 9.68. The Labute approximate surface area is 161 Å². The molecule has 0 unspecified atom stereocenters. The van der Waals surface area contributed by atoms with Gasteiger partial charge in [-0.1, -0.05) is 13.8 Å². The van der Waals surface area contributed by atoms with Gasteiger partial charge in [-0.25, -0.2) is 16.8 Å². The van der Waals surface area contributed by atoms with Crippen molar-refractivity contribution in [2.75, 3.05) is 52.8 Å². The molecule has 0 atom stereocenters. The molecule has 0 rings (SSSR count). The first-order chi connectivity index (χ1) is 11.7. The molecule has 0 amide bonds. The molecule has 0 saturated heterocycles. The van der Waals surface area contributed by atoms with Crippen molar-refractivity contribution >= 4 is 20.2 Å². The Kier molecular flexibility index (Phi) is 21.2. The molecule has 0 fully saturated rings. The Morgan fingerprint density at radius 2 is 0.885 bits per heavy atom. The van der Waals surface area contributed by atoms with Gasteiger partial charge in [0.25, 0.3) is 0 Å². The fraction of sp³-hybridized carbons (Fsp3) is 1.00. The number of rotatable bonds is 11. The molecule has 0 aromatic carbocycles. The van der Waals surface area contributed by atoms with E-state index in [1.807, 2.05) is 0 Å². The van der Waals surface area contributed by atoms with E-state index in [2.05, 4.69) is 28.2 Å². The normalized spacial score (nSPS) is 11.6. The van der Waals surface area contributed by atoms with Crippen LogP contribution in [0.25, 0.3) is 0 Å². The molecule has 0 heterocycles. The number of unbranched alkanes of at least 4 members (excludes halogenated alkanes) is 3. The van der Waals surface area contributed by atoms with E-state index in [-0.39, 0.29) is 11.5 Å². The highest BCUT2D eigenvalue weighted by molar-refractivity contribution is 7.85. The number of quaternary nitrogens is 2. The highest BCUT2D eigenvalue weighted by atomic mass is 32.2. The molecular weight excluding hydrogens is 380 g/mol. The predicted molar refractivity (Wildman–Crippen MR) is 104 cm³/mol. The summed E-state index contributed by atoms with van der Waals surface area (Å²) in [6, 6.07) is 0. The number of hydrogen-bond donors (Lipinski definition) is 2. The van der Waals surface area contributed by atoms with Crippen LogP contribution in [0.5, 0.6) is 0 Å². The monoisotopic (exact) mass is 420 g/mol. The standard InChI is InChI=1S/C10H24N2.2C3H8O3S/c1-11(2)9-7-5-6-8-10-12(3)4;2*1-2-3-7(4,5)6/h5-10H2,1-4H3;2*2-3H2,1H3,(H,4,5,6). The van der Waals surface area contributed by atoms with E-state index in [4.69, 9.17) is 0 Å². The van der Waals surface area contributed by atoms with E-state index >= 15 is 0 Å². The number of hydrogen-bond acceptors (Lipinski definition) is 6. The Bertz CT molecular complexity index is 445. The van der Waals surface area contributed by atoms with E-state index in [1.165, 1.54) is 38.8 Å². The third-order valence-electron chi connectivity index (χ3n) is 3.01. The van der Waals surface area contributed by atoms with Crippen LogP contribution < -0.4 is 9.80 Å². The topological polar surface area (TPSA) is 123 Å². The van der Waals surface area contributed by atoms with Gasteiger partial charge in [-0.2, -0.15) is 0 Å². The zero-order chi connectivity index (χ0) is 21.2.